The summed E-state index contributed by atoms with van der Waals surface area (Å²) in [4.78, 5) is 0. The second-order valence-corrected chi connectivity index (χ2v) is 6.36. The summed E-state index contributed by atoms with van der Waals surface area (Å²) in [6.45, 7) is 6.90. The molecule has 0 bridgehead atoms. The Kier molecular flexibility index (Phi) is 3.83. The van der Waals surface area contributed by atoms with Gasteiger partial charge in [-0.15, -0.1) is 0 Å². The topological polar surface area (TPSA) is 25.2 Å². The van der Waals surface area contributed by atoms with E-state index in [-0.39, 0.29) is 0 Å². The molecule has 114 valence electrons. The molecule has 3 rings (SSSR count). The van der Waals surface area contributed by atoms with Gasteiger partial charge >= 0.3 is 0 Å². The average Bonchev–Trinajstić information content (AvgIpc) is 2.86. The van der Waals surface area contributed by atoms with E-state index in [1.165, 1.54) is 36.0 Å². The second kappa shape index (κ2) is 5.49. The van der Waals surface area contributed by atoms with Crippen molar-refractivity contribution < 1.29 is 4.42 Å². The molecule has 1 N–H and O–H groups in total. The van der Waals surface area contributed by atoms with Gasteiger partial charge in [0.1, 0.15) is 11.3 Å². The van der Waals surface area contributed by atoms with Crippen molar-refractivity contribution in [2.24, 2.45) is 5.41 Å². The van der Waals surface area contributed by atoms with E-state index < -0.39 is 0 Å². The molecule has 2 atom stereocenters. The van der Waals surface area contributed by atoms with E-state index >= 15 is 0 Å². The van der Waals surface area contributed by atoms with Gasteiger partial charge in [-0.2, -0.15) is 0 Å². The van der Waals surface area contributed by atoms with E-state index in [0.29, 0.717) is 17.4 Å². The second-order valence-electron chi connectivity index (χ2n) is 6.36. The van der Waals surface area contributed by atoms with Gasteiger partial charge in [0.2, 0.25) is 0 Å². The molecule has 0 amide bonds. The van der Waals surface area contributed by atoms with Crippen LogP contribution in [-0.2, 0) is 6.42 Å². The fourth-order valence-electron chi connectivity index (χ4n) is 4.56. The Morgan fingerprint density at radius 2 is 1.90 bits per heavy atom. The monoisotopic (exact) mass is 285 g/mol. The molecule has 21 heavy (non-hydrogen) atoms. The van der Waals surface area contributed by atoms with Gasteiger partial charge in [-0.25, -0.2) is 0 Å². The van der Waals surface area contributed by atoms with Gasteiger partial charge in [-0.05, 0) is 44.2 Å². The summed E-state index contributed by atoms with van der Waals surface area (Å²) in [6.07, 6.45) is 4.67. The van der Waals surface area contributed by atoms with Crippen LogP contribution in [-0.4, -0.2) is 13.1 Å². The molecule has 1 aromatic carbocycles. The Labute approximate surface area is 127 Å². The molecule has 2 heteroatoms. The fraction of sp³-hybridized carbons (Fsp3) is 0.579. The van der Waals surface area contributed by atoms with Gasteiger partial charge in [0.05, 0.1) is 0 Å². The highest BCUT2D eigenvalue weighted by Crippen LogP contribution is 2.58. The average molecular weight is 285 g/mol. The van der Waals surface area contributed by atoms with Crippen molar-refractivity contribution in [2.75, 3.05) is 7.05 Å². The third-order valence-electron chi connectivity index (χ3n) is 5.92. The van der Waals surface area contributed by atoms with E-state index in [2.05, 4.69) is 57.4 Å². The number of rotatable bonds is 5. The summed E-state index contributed by atoms with van der Waals surface area (Å²) in [5.74, 6) is 1.82. The molecule has 2 unspecified atom stereocenters. The maximum Gasteiger partial charge on any atom is 0.134 e. The summed E-state index contributed by atoms with van der Waals surface area (Å²) in [5.41, 5.74) is 2.84. The maximum atomic E-state index is 6.32. The number of hydrogen-bond acceptors (Lipinski definition) is 2. The minimum absolute atomic E-state index is 0.354. The summed E-state index contributed by atoms with van der Waals surface area (Å²) in [6, 6.07) is 9.11. The fourth-order valence-corrected chi connectivity index (χ4v) is 4.56. The van der Waals surface area contributed by atoms with E-state index in [1.54, 1.807) is 0 Å². The Balaban J connectivity index is 2.08. The van der Waals surface area contributed by atoms with Crippen LogP contribution >= 0.6 is 0 Å². The van der Waals surface area contributed by atoms with Gasteiger partial charge in [-0.3, -0.25) is 0 Å². The van der Waals surface area contributed by atoms with Crippen LogP contribution in [0.15, 0.2) is 28.7 Å². The number of aryl methyl sites for hydroxylation is 1. The van der Waals surface area contributed by atoms with E-state index in [0.717, 1.165) is 12.0 Å². The Morgan fingerprint density at radius 1 is 1.19 bits per heavy atom. The van der Waals surface area contributed by atoms with Crippen molar-refractivity contribution in [1.82, 2.24) is 5.32 Å². The normalized spacial score (nSPS) is 24.2. The lowest BCUT2D eigenvalue weighted by Crippen LogP contribution is -2.57. The molecule has 0 spiro atoms. The van der Waals surface area contributed by atoms with Crippen LogP contribution in [0, 0.1) is 5.41 Å². The molecular weight excluding hydrogens is 258 g/mol. The van der Waals surface area contributed by atoms with Gasteiger partial charge in [-0.1, -0.05) is 39.0 Å². The van der Waals surface area contributed by atoms with Crippen molar-refractivity contribution in [3.63, 3.8) is 0 Å². The first-order valence-electron chi connectivity index (χ1n) is 8.39. The molecule has 1 fully saturated rings. The lowest BCUT2D eigenvalue weighted by atomic mass is 9.52. The number of furan rings is 1. The van der Waals surface area contributed by atoms with Crippen LogP contribution < -0.4 is 5.32 Å². The van der Waals surface area contributed by atoms with E-state index in [4.69, 9.17) is 4.42 Å². The van der Waals surface area contributed by atoms with Crippen molar-refractivity contribution in [3.05, 3.63) is 35.6 Å². The van der Waals surface area contributed by atoms with E-state index in [9.17, 15) is 0 Å². The predicted octanol–water partition coefficient (Wildman–Crippen LogP) is 4.88. The first-order valence-corrected chi connectivity index (χ1v) is 8.39. The zero-order valence-corrected chi connectivity index (χ0v) is 13.7. The summed E-state index contributed by atoms with van der Waals surface area (Å²) in [5, 5.41) is 4.83. The molecule has 0 saturated heterocycles. The first kappa shape index (κ1) is 14.6. The standard InChI is InChI=1S/C19H27NO/c1-5-13-14-10-8-9-11-16(14)21-18(13)15-12-17(20-4)19(15,6-2)7-3/h8-11,15,17,20H,5-7,12H2,1-4H3. The molecule has 0 radical (unpaired) electrons. The molecule has 2 nitrogen and oxygen atoms in total. The van der Waals surface area contributed by atoms with Crippen molar-refractivity contribution in [2.45, 2.75) is 58.4 Å². The molecule has 1 heterocycles. The van der Waals surface area contributed by atoms with Crippen LogP contribution in [0.5, 0.6) is 0 Å². The number of benzene rings is 1. The minimum Gasteiger partial charge on any atom is -0.460 e. The number of fused-ring (bicyclic) bond motifs is 1. The van der Waals surface area contributed by atoms with Gasteiger partial charge in [0, 0.05) is 22.9 Å². The lowest BCUT2D eigenvalue weighted by Gasteiger charge is -2.55. The molecule has 0 aliphatic heterocycles. The van der Waals surface area contributed by atoms with Crippen molar-refractivity contribution in [1.29, 1.82) is 0 Å². The number of para-hydroxylation sites is 1. The molecule has 1 saturated carbocycles. The molecular formula is C19H27NO. The smallest absolute Gasteiger partial charge is 0.134 e. The summed E-state index contributed by atoms with van der Waals surface area (Å²) in [7, 11) is 2.10. The predicted molar refractivity (Wildman–Crippen MR) is 88.8 cm³/mol. The van der Waals surface area contributed by atoms with Crippen LogP contribution in [0.4, 0.5) is 0 Å². The van der Waals surface area contributed by atoms with Crippen LogP contribution in [0.25, 0.3) is 11.0 Å². The van der Waals surface area contributed by atoms with Gasteiger partial charge in [0.15, 0.2) is 0 Å². The van der Waals surface area contributed by atoms with Crippen LogP contribution in [0.3, 0.4) is 0 Å². The SMILES string of the molecule is CCc1c(C2CC(NC)C2(CC)CC)oc2ccccc12. The van der Waals surface area contributed by atoms with Gasteiger partial charge < -0.3 is 9.73 Å². The van der Waals surface area contributed by atoms with Gasteiger partial charge in [0.25, 0.3) is 0 Å². The molecule has 2 aromatic rings. The Hall–Kier alpha value is -1.28. The largest absolute Gasteiger partial charge is 0.460 e. The molecule has 1 aliphatic carbocycles. The van der Waals surface area contributed by atoms with Crippen LogP contribution in [0.1, 0.15) is 57.3 Å². The zero-order valence-electron chi connectivity index (χ0n) is 13.7. The van der Waals surface area contributed by atoms with Crippen LogP contribution in [0.2, 0.25) is 0 Å². The highest BCUT2D eigenvalue weighted by Gasteiger charge is 2.54. The number of hydrogen-bond donors (Lipinski definition) is 1. The third-order valence-corrected chi connectivity index (χ3v) is 5.92. The summed E-state index contributed by atoms with van der Waals surface area (Å²) < 4.78 is 6.32. The molecule has 1 aliphatic rings. The highest BCUT2D eigenvalue weighted by molar-refractivity contribution is 5.82. The van der Waals surface area contributed by atoms with Crippen molar-refractivity contribution >= 4 is 11.0 Å². The number of nitrogens with one attached hydrogen (secondary N) is 1. The Morgan fingerprint density at radius 3 is 2.52 bits per heavy atom. The first-order chi connectivity index (χ1) is 10.2. The maximum absolute atomic E-state index is 6.32. The lowest BCUT2D eigenvalue weighted by molar-refractivity contribution is 0.0135. The minimum atomic E-state index is 0.354. The van der Waals surface area contributed by atoms with E-state index in [1.807, 2.05) is 0 Å². The third kappa shape index (κ3) is 1.96. The quantitative estimate of drug-likeness (QED) is 0.847. The van der Waals surface area contributed by atoms with Crippen molar-refractivity contribution in [3.8, 4) is 0 Å². The molecule has 1 aromatic heterocycles. The summed E-state index contributed by atoms with van der Waals surface area (Å²) >= 11 is 0. The Bertz CT molecular complexity index is 624. The zero-order chi connectivity index (χ0) is 15.0. The highest BCUT2D eigenvalue weighted by atomic mass is 16.3.